The summed E-state index contributed by atoms with van der Waals surface area (Å²) < 4.78 is 0. The first kappa shape index (κ1) is 67.2. The Balaban J connectivity index is 0.000000203. The zero-order chi connectivity index (χ0) is 60.8. The van der Waals surface area contributed by atoms with E-state index in [2.05, 4.69) is 322 Å². The van der Waals surface area contributed by atoms with Crippen LogP contribution in [0.5, 0.6) is 0 Å². The lowest BCUT2D eigenvalue weighted by molar-refractivity contribution is 0.678. The second kappa shape index (κ2) is 33.0. The summed E-state index contributed by atoms with van der Waals surface area (Å²) >= 11 is 0. The molecule has 0 unspecified atom stereocenters. The molecule has 0 heteroatoms. The molecule has 0 saturated carbocycles. The van der Waals surface area contributed by atoms with Crippen LogP contribution in [-0.4, -0.2) is 0 Å². The van der Waals surface area contributed by atoms with Crippen LogP contribution in [-0.2, 0) is 12.8 Å². The van der Waals surface area contributed by atoms with Crippen molar-refractivity contribution in [3.05, 3.63) is 303 Å². The summed E-state index contributed by atoms with van der Waals surface area (Å²) in [5.41, 5.74) is 34.0. The van der Waals surface area contributed by atoms with Gasteiger partial charge in [-0.25, -0.2) is 0 Å². The Kier molecular flexibility index (Phi) is 27.0. The maximum atomic E-state index is 2.26. The molecule has 0 N–H and O–H groups in total. The third-order valence-electron chi connectivity index (χ3n) is 16.8. The summed E-state index contributed by atoms with van der Waals surface area (Å²) in [6, 6.07) is 60.3. The summed E-state index contributed by atoms with van der Waals surface area (Å²) in [6.07, 6.45) is 5.39. The zero-order valence-electron chi connectivity index (χ0n) is 55.0. The van der Waals surface area contributed by atoms with Crippen LogP contribution in [0.25, 0.3) is 21.5 Å². The van der Waals surface area contributed by atoms with Crippen LogP contribution < -0.4 is 0 Å². The van der Waals surface area contributed by atoms with Crippen molar-refractivity contribution in [3.63, 3.8) is 0 Å². The maximum Gasteiger partial charge on any atom is -0.0152 e. The average molecular weight is 1090 g/mol. The van der Waals surface area contributed by atoms with Gasteiger partial charge in [0.2, 0.25) is 0 Å². The van der Waals surface area contributed by atoms with Gasteiger partial charge >= 0.3 is 0 Å². The minimum Gasteiger partial charge on any atom is -0.0620 e. The van der Waals surface area contributed by atoms with E-state index < -0.39 is 0 Å². The summed E-state index contributed by atoms with van der Waals surface area (Å²) in [5, 5.41) is 5.41. The highest BCUT2D eigenvalue weighted by atomic mass is 14.2. The third-order valence-corrected chi connectivity index (χ3v) is 16.8. The Morgan fingerprint density at radius 3 is 0.768 bits per heavy atom. The van der Waals surface area contributed by atoms with Crippen LogP contribution in [0.15, 0.2) is 170 Å². The van der Waals surface area contributed by atoms with Gasteiger partial charge < -0.3 is 0 Å². The molecule has 0 fully saturated rings. The monoisotopic (exact) mass is 1090 g/mol. The molecule has 1 aliphatic rings. The molecule has 430 valence electrons. The van der Waals surface area contributed by atoms with Crippen molar-refractivity contribution in [2.24, 2.45) is 0 Å². The van der Waals surface area contributed by atoms with E-state index in [1.165, 1.54) is 170 Å². The van der Waals surface area contributed by atoms with Gasteiger partial charge in [0.25, 0.3) is 0 Å². The molecule has 0 bridgehead atoms. The average Bonchev–Trinajstić information content (AvgIpc) is 3.55. The summed E-state index contributed by atoms with van der Waals surface area (Å²) in [4.78, 5) is 0. The molecular formula is C82H102. The highest BCUT2D eigenvalue weighted by Crippen LogP contribution is 2.28. The van der Waals surface area contributed by atoms with E-state index in [1.54, 1.807) is 11.1 Å². The minimum atomic E-state index is 1.31. The molecule has 10 aromatic rings. The van der Waals surface area contributed by atoms with E-state index in [-0.39, 0.29) is 0 Å². The van der Waals surface area contributed by atoms with E-state index in [1.807, 2.05) is 0 Å². The zero-order valence-corrected chi connectivity index (χ0v) is 55.0. The van der Waals surface area contributed by atoms with E-state index in [0.717, 1.165) is 0 Å². The van der Waals surface area contributed by atoms with Crippen molar-refractivity contribution in [1.29, 1.82) is 0 Å². The molecule has 0 nitrogen and oxygen atoms in total. The molecule has 10 aromatic carbocycles. The second-order valence-electron chi connectivity index (χ2n) is 23.6. The van der Waals surface area contributed by atoms with Crippen molar-refractivity contribution in [3.8, 4) is 0 Å². The summed E-state index contributed by atoms with van der Waals surface area (Å²) in [7, 11) is 0. The predicted molar refractivity (Wildman–Crippen MR) is 367 cm³/mol. The van der Waals surface area contributed by atoms with E-state index in [0.29, 0.717) is 0 Å². The standard InChI is InChI=1S/2C12H12.C12H16.C12H18.C10H14.3C8H10/c1-9-3-5-12-8-10(2)4-6-11(12)7-9;1-9-5-3-8-12-10(2)6-4-7-11(9)12;1-9-7-8-10(2)12-6-4-3-5-11(9)12;1-7-8(2)10(4)12(6)11(5)9(7)3;1-7-5-9(3)10(4)6-8(7)2;1-7-3-5-8(2)6-4-7;1-7-4-3-5-8(2)6-7;1-7-5-3-4-6-8(7)2/h2*3-8H,1-2H3;7-8H,3-6H2,1-2H3;1-6H3;5-6H,1-4H3;3*3-6H,1-2H3. The third kappa shape index (κ3) is 20.9. The van der Waals surface area contributed by atoms with Crippen molar-refractivity contribution in [2.45, 2.75) is 178 Å². The fourth-order valence-corrected chi connectivity index (χ4v) is 10.2. The molecule has 0 aliphatic heterocycles. The van der Waals surface area contributed by atoms with Gasteiger partial charge in [-0.15, -0.1) is 0 Å². The Labute approximate surface area is 500 Å². The van der Waals surface area contributed by atoms with Gasteiger partial charge in [-0.1, -0.05) is 203 Å². The fraction of sp³-hybridized carbons (Fsp3) is 0.317. The Morgan fingerprint density at radius 2 is 0.476 bits per heavy atom. The molecule has 0 amide bonds. The quantitative estimate of drug-likeness (QED) is 0.142. The molecule has 0 spiro atoms. The summed E-state index contributed by atoms with van der Waals surface area (Å²) in [6.45, 7) is 47.6. The van der Waals surface area contributed by atoms with Crippen molar-refractivity contribution in [1.82, 2.24) is 0 Å². The van der Waals surface area contributed by atoms with Crippen LogP contribution in [0.1, 0.15) is 146 Å². The molecule has 11 rings (SSSR count). The molecule has 82 heavy (non-hydrogen) atoms. The van der Waals surface area contributed by atoms with Gasteiger partial charge in [0.15, 0.2) is 0 Å². The molecule has 0 saturated heterocycles. The van der Waals surface area contributed by atoms with Crippen molar-refractivity contribution < 1.29 is 0 Å². The number of fused-ring (bicyclic) bond motifs is 3. The van der Waals surface area contributed by atoms with Gasteiger partial charge in [-0.2, -0.15) is 0 Å². The Morgan fingerprint density at radius 1 is 0.195 bits per heavy atom. The van der Waals surface area contributed by atoms with Gasteiger partial charge in [0.1, 0.15) is 0 Å². The number of benzene rings is 10. The molecule has 0 aromatic heterocycles. The Hall–Kier alpha value is -7.28. The highest BCUT2D eigenvalue weighted by molar-refractivity contribution is 5.88. The molecule has 0 heterocycles. The van der Waals surface area contributed by atoms with Crippen LogP contribution >= 0.6 is 0 Å². The van der Waals surface area contributed by atoms with E-state index in [9.17, 15) is 0 Å². The van der Waals surface area contributed by atoms with Crippen molar-refractivity contribution in [2.75, 3.05) is 0 Å². The maximum absolute atomic E-state index is 2.26. The number of hydrogen-bond donors (Lipinski definition) is 0. The first-order valence-corrected chi connectivity index (χ1v) is 30.0. The topological polar surface area (TPSA) is 0 Å². The lowest BCUT2D eigenvalue weighted by Crippen LogP contribution is -2.06. The summed E-state index contributed by atoms with van der Waals surface area (Å²) in [5.74, 6) is 0. The molecule has 0 radical (unpaired) electrons. The van der Waals surface area contributed by atoms with Crippen LogP contribution in [0.3, 0.4) is 0 Å². The minimum absolute atomic E-state index is 1.31. The van der Waals surface area contributed by atoms with Gasteiger partial charge in [-0.05, 0) is 300 Å². The fourth-order valence-electron chi connectivity index (χ4n) is 10.2. The normalized spacial score (nSPS) is 10.9. The van der Waals surface area contributed by atoms with Crippen LogP contribution in [0, 0.1) is 152 Å². The largest absolute Gasteiger partial charge is 0.0620 e. The van der Waals surface area contributed by atoms with E-state index in [4.69, 9.17) is 0 Å². The number of hydrogen-bond acceptors (Lipinski definition) is 0. The number of aryl methyl sites for hydroxylation is 16. The van der Waals surface area contributed by atoms with Crippen LogP contribution in [0.2, 0.25) is 0 Å². The first-order valence-electron chi connectivity index (χ1n) is 30.0. The lowest BCUT2D eigenvalue weighted by Gasteiger charge is -2.19. The Bertz CT molecular complexity index is 3300. The lowest BCUT2D eigenvalue weighted by atomic mass is 9.86. The van der Waals surface area contributed by atoms with Crippen LogP contribution in [0.4, 0.5) is 0 Å². The number of rotatable bonds is 0. The first-order chi connectivity index (χ1) is 38.8. The SMILES string of the molecule is Cc1c(C)c(C)c(C)c(C)c1C.Cc1cc(C)c(C)cc1C.Cc1ccc(C)c2c1CCCC2.Cc1ccc(C)cc1.Cc1ccc2cc(C)ccc2c1.Cc1cccc(C)c1.Cc1cccc2c(C)cccc12.Cc1ccccc1C. The molecule has 0 atom stereocenters. The van der Waals surface area contributed by atoms with E-state index >= 15 is 0 Å². The van der Waals surface area contributed by atoms with Gasteiger partial charge in [0.05, 0.1) is 0 Å². The van der Waals surface area contributed by atoms with Crippen molar-refractivity contribution >= 4 is 21.5 Å². The predicted octanol–water partition coefficient (Wildman–Crippen LogP) is 23.5. The van der Waals surface area contributed by atoms with Gasteiger partial charge in [-0.3, -0.25) is 0 Å². The van der Waals surface area contributed by atoms with Gasteiger partial charge in [0, 0.05) is 0 Å². The molecular weight excluding hydrogens is 985 g/mol. The highest BCUT2D eigenvalue weighted by Gasteiger charge is 2.13. The smallest absolute Gasteiger partial charge is 0.0152 e. The molecule has 1 aliphatic carbocycles. The second-order valence-corrected chi connectivity index (χ2v) is 23.6.